The first-order valence-electron chi connectivity index (χ1n) is 16.3. The van der Waals surface area contributed by atoms with Crippen molar-refractivity contribution < 1.29 is 27.9 Å². The molecule has 1 unspecified atom stereocenters. The first-order valence-corrected chi connectivity index (χ1v) is 16.3. The molecule has 258 valence electrons. The molecule has 1 saturated heterocycles. The summed E-state index contributed by atoms with van der Waals surface area (Å²) in [5.41, 5.74) is 7.98. The van der Waals surface area contributed by atoms with Gasteiger partial charge in [0.1, 0.15) is 46.8 Å². The predicted octanol–water partition coefficient (Wildman–Crippen LogP) is 5.17. The van der Waals surface area contributed by atoms with Crippen molar-refractivity contribution in [3.8, 4) is 17.0 Å². The molecule has 0 saturated carbocycles. The summed E-state index contributed by atoms with van der Waals surface area (Å²) >= 11 is 0. The van der Waals surface area contributed by atoms with Gasteiger partial charge in [-0.25, -0.2) is 28.6 Å². The summed E-state index contributed by atoms with van der Waals surface area (Å²) in [6.45, 7) is 10.2. The van der Waals surface area contributed by atoms with Gasteiger partial charge in [-0.1, -0.05) is 24.3 Å². The molecule has 0 radical (unpaired) electrons. The smallest absolute Gasteiger partial charge is 0.410 e. The molecule has 3 aromatic heterocycles. The highest BCUT2D eigenvalue weighted by molar-refractivity contribution is 5.99. The molecule has 0 spiro atoms. The van der Waals surface area contributed by atoms with Crippen LogP contribution in [0.15, 0.2) is 64.1 Å². The van der Waals surface area contributed by atoms with Crippen LogP contribution < -0.4 is 16.1 Å². The molecule has 1 fully saturated rings. The topological polar surface area (TPSA) is 159 Å². The molecule has 0 bridgehead atoms. The maximum absolute atomic E-state index is 14.7. The van der Waals surface area contributed by atoms with Crippen LogP contribution in [0.1, 0.15) is 51.5 Å². The van der Waals surface area contributed by atoms with Gasteiger partial charge in [-0.15, -0.1) is 0 Å². The minimum Gasteiger partial charge on any atom is -0.444 e. The number of aromatic nitrogens is 4. The zero-order valence-electron chi connectivity index (χ0n) is 28.1. The summed E-state index contributed by atoms with van der Waals surface area (Å²) in [7, 11) is 0. The highest BCUT2D eigenvalue weighted by Crippen LogP contribution is 2.39. The maximum Gasteiger partial charge on any atom is 0.410 e. The van der Waals surface area contributed by atoms with Gasteiger partial charge in [0.2, 0.25) is 0 Å². The Balaban J connectivity index is 1.27. The van der Waals surface area contributed by atoms with Crippen LogP contribution in [0.3, 0.4) is 0 Å². The largest absolute Gasteiger partial charge is 0.444 e. The molecule has 7 rings (SSSR count). The van der Waals surface area contributed by atoms with Gasteiger partial charge in [0.15, 0.2) is 5.65 Å². The lowest BCUT2D eigenvalue weighted by atomic mass is 9.91. The van der Waals surface area contributed by atoms with E-state index in [1.807, 2.05) is 39.8 Å². The summed E-state index contributed by atoms with van der Waals surface area (Å²) in [5.74, 6) is -0.166. The average Bonchev–Trinajstić information content (AvgIpc) is 3.44. The second-order valence-corrected chi connectivity index (χ2v) is 13.5. The molecule has 5 aromatic rings. The number of benzene rings is 2. The molecule has 13 nitrogen and oxygen atoms in total. The molecule has 2 aromatic carbocycles. The van der Waals surface area contributed by atoms with Gasteiger partial charge in [0.05, 0.1) is 10.8 Å². The summed E-state index contributed by atoms with van der Waals surface area (Å²) in [5, 5.41) is 6.38. The number of carbonyl (C=O) groups is 2. The zero-order chi connectivity index (χ0) is 35.3. The standard InChI is InChI=1S/C36H36FN7O6/c1-20(44-33-29(32(38)39-18-40-33)30(41-44)22-13-23(37)15-25(14-22)48-19-45)31-28(26-7-5-6-8-27(26)34(46)49-31)21-9-11-42(12-10-21)24-16-43(17-24)35(47)50-36(2,3)4/h5-9,13-15,18-20,24H,10-12,16-17H2,1-4H3,(H2,38,39,40). The monoisotopic (exact) mass is 681 g/mol. The Morgan fingerprint density at radius 1 is 1.14 bits per heavy atom. The van der Waals surface area contributed by atoms with Crippen molar-refractivity contribution in [2.45, 2.75) is 51.8 Å². The van der Waals surface area contributed by atoms with E-state index in [0.29, 0.717) is 48.2 Å². The number of fused-ring (bicyclic) bond motifs is 2. The average molecular weight is 682 g/mol. The third-order valence-electron chi connectivity index (χ3n) is 9.05. The molecule has 1 amide bonds. The van der Waals surface area contributed by atoms with E-state index in [2.05, 4.69) is 20.9 Å². The van der Waals surface area contributed by atoms with Gasteiger partial charge in [-0.3, -0.25) is 9.69 Å². The van der Waals surface area contributed by atoms with Gasteiger partial charge < -0.3 is 24.5 Å². The van der Waals surface area contributed by atoms with Crippen LogP contribution in [0.5, 0.6) is 5.75 Å². The summed E-state index contributed by atoms with van der Waals surface area (Å²) in [6.07, 6.45) is 3.81. The second kappa shape index (κ2) is 12.7. The second-order valence-electron chi connectivity index (χ2n) is 13.5. The molecule has 50 heavy (non-hydrogen) atoms. The molecular weight excluding hydrogens is 645 g/mol. The number of anilines is 1. The van der Waals surface area contributed by atoms with E-state index < -0.39 is 23.1 Å². The molecule has 1 atom stereocenters. The van der Waals surface area contributed by atoms with Gasteiger partial charge in [0, 0.05) is 49.4 Å². The molecule has 2 N–H and O–H groups in total. The van der Waals surface area contributed by atoms with Crippen molar-refractivity contribution in [2.75, 3.05) is 31.9 Å². The van der Waals surface area contributed by atoms with E-state index in [0.717, 1.165) is 29.1 Å². The number of amides is 1. The zero-order valence-corrected chi connectivity index (χ0v) is 28.1. The van der Waals surface area contributed by atoms with Crippen molar-refractivity contribution >= 4 is 45.8 Å². The molecule has 2 aliphatic heterocycles. The lowest BCUT2D eigenvalue weighted by molar-refractivity contribution is -0.120. The van der Waals surface area contributed by atoms with Crippen molar-refractivity contribution in [2.24, 2.45) is 0 Å². The number of likely N-dealkylation sites (tertiary alicyclic amines) is 1. The molecule has 14 heteroatoms. The normalized spacial score (nSPS) is 16.3. The fraction of sp³-hybridized carbons (Fsp3) is 0.333. The minimum absolute atomic E-state index is 0.0123. The molecule has 5 heterocycles. The van der Waals surface area contributed by atoms with Crippen LogP contribution >= 0.6 is 0 Å². The number of hydrogen-bond acceptors (Lipinski definition) is 11. The Labute approximate surface area is 286 Å². The summed E-state index contributed by atoms with van der Waals surface area (Å²) in [4.78, 5) is 49.6. The third kappa shape index (κ3) is 6.06. The molecule has 2 aliphatic rings. The highest BCUT2D eigenvalue weighted by atomic mass is 19.1. The third-order valence-corrected chi connectivity index (χ3v) is 9.05. The number of carbonyl (C=O) groups excluding carboxylic acids is 2. The van der Waals surface area contributed by atoms with Crippen LogP contribution in [0, 0.1) is 5.82 Å². The lowest BCUT2D eigenvalue weighted by Crippen LogP contribution is -2.62. The summed E-state index contributed by atoms with van der Waals surface area (Å²) in [6, 6.07) is 10.7. The van der Waals surface area contributed by atoms with Gasteiger partial charge >= 0.3 is 11.7 Å². The van der Waals surface area contributed by atoms with E-state index in [4.69, 9.17) is 24.7 Å². The molecule has 0 aliphatic carbocycles. The quantitative estimate of drug-likeness (QED) is 0.226. The predicted molar refractivity (Wildman–Crippen MR) is 184 cm³/mol. The molecular formula is C36H36FN7O6. The minimum atomic E-state index is -0.681. The van der Waals surface area contributed by atoms with Crippen LogP contribution in [-0.2, 0) is 9.53 Å². The van der Waals surface area contributed by atoms with Crippen molar-refractivity contribution in [3.63, 3.8) is 0 Å². The van der Waals surface area contributed by atoms with E-state index in [9.17, 15) is 18.8 Å². The van der Waals surface area contributed by atoms with Crippen LogP contribution in [0.2, 0.25) is 0 Å². The van der Waals surface area contributed by atoms with Gasteiger partial charge in [0.25, 0.3) is 6.47 Å². The number of nitrogens with zero attached hydrogens (tertiary/aromatic N) is 6. The fourth-order valence-corrected chi connectivity index (χ4v) is 6.65. The Hall–Kier alpha value is -5.63. The fourth-order valence-electron chi connectivity index (χ4n) is 6.65. The number of halogens is 1. The maximum atomic E-state index is 14.7. The number of ether oxygens (including phenoxy) is 2. The van der Waals surface area contributed by atoms with Crippen molar-refractivity contribution in [1.82, 2.24) is 29.5 Å². The Kier molecular flexibility index (Phi) is 8.34. The van der Waals surface area contributed by atoms with Gasteiger partial charge in [-0.05, 0) is 63.3 Å². The van der Waals surface area contributed by atoms with E-state index in [1.54, 1.807) is 21.7 Å². The van der Waals surface area contributed by atoms with Crippen LogP contribution in [0.25, 0.3) is 38.6 Å². The number of nitrogens with two attached hydrogens (primary N) is 1. The van der Waals surface area contributed by atoms with E-state index >= 15 is 0 Å². The van der Waals surface area contributed by atoms with Crippen molar-refractivity contribution in [3.05, 3.63) is 82.4 Å². The highest BCUT2D eigenvalue weighted by Gasteiger charge is 2.38. The number of hydrogen-bond donors (Lipinski definition) is 1. The summed E-state index contributed by atoms with van der Waals surface area (Å²) < 4.78 is 32.8. The van der Waals surface area contributed by atoms with E-state index in [-0.39, 0.29) is 41.4 Å². The van der Waals surface area contributed by atoms with Gasteiger partial charge in [-0.2, -0.15) is 5.10 Å². The first kappa shape index (κ1) is 32.9. The first-order chi connectivity index (χ1) is 23.9. The Morgan fingerprint density at radius 2 is 1.90 bits per heavy atom. The van der Waals surface area contributed by atoms with E-state index in [1.165, 1.54) is 18.5 Å². The van der Waals surface area contributed by atoms with Crippen molar-refractivity contribution in [1.29, 1.82) is 0 Å². The number of rotatable bonds is 7. The van der Waals surface area contributed by atoms with Crippen LogP contribution in [0.4, 0.5) is 15.0 Å². The SMILES string of the molecule is CC(c1oc(=O)c2ccccc2c1C1=CCN(C2CN(C(=O)OC(C)(C)C)C2)CC1)n1nc(-c2cc(F)cc(OC=O)c2)c2c(N)ncnc21. The number of nitrogen functional groups attached to an aromatic ring is 1. The Bertz CT molecular complexity index is 2230. The Morgan fingerprint density at radius 3 is 2.60 bits per heavy atom. The lowest BCUT2D eigenvalue weighted by Gasteiger charge is -2.46. The van der Waals surface area contributed by atoms with Crippen LogP contribution in [-0.4, -0.2) is 79.9 Å².